The largest absolute Gasteiger partial charge is 0.481 e. The van der Waals surface area contributed by atoms with E-state index in [4.69, 9.17) is 9.84 Å². The molecule has 0 aromatic heterocycles. The van der Waals surface area contributed by atoms with Crippen LogP contribution in [0.1, 0.15) is 62.0 Å². The summed E-state index contributed by atoms with van der Waals surface area (Å²) in [5, 5.41) is 14.6. The van der Waals surface area contributed by atoms with Gasteiger partial charge >= 0.3 is 12.1 Å². The molecule has 1 fully saturated rings. The van der Waals surface area contributed by atoms with Gasteiger partial charge in [-0.25, -0.2) is 4.79 Å². The standard InChI is InChI=1S/C28H34N2O5/c31-26(32)15-7-8-16-29-27(33)20-10-2-1-9-19(20)17-30-28(34)35-18-25-23-13-5-3-11-21(23)22-12-4-6-14-24(22)25/h3-6,11-14,19-20,25H,1-2,7-10,15-18H2,(H,29,33)(H,30,34)(H,31,32). The van der Waals surface area contributed by atoms with E-state index in [1.54, 1.807) is 0 Å². The number of hydrogen-bond donors (Lipinski definition) is 3. The lowest BCUT2D eigenvalue weighted by atomic mass is 9.78. The topological polar surface area (TPSA) is 105 Å². The Morgan fingerprint density at radius 3 is 2.23 bits per heavy atom. The number of carbonyl (C=O) groups excluding carboxylic acids is 2. The van der Waals surface area contributed by atoms with E-state index in [-0.39, 0.29) is 36.7 Å². The summed E-state index contributed by atoms with van der Waals surface area (Å²) in [5.41, 5.74) is 4.73. The summed E-state index contributed by atoms with van der Waals surface area (Å²) in [4.78, 5) is 35.9. The third kappa shape index (κ3) is 6.21. The number of amides is 2. The van der Waals surface area contributed by atoms with Gasteiger partial charge in [-0.3, -0.25) is 9.59 Å². The molecule has 7 heteroatoms. The lowest BCUT2D eigenvalue weighted by Gasteiger charge is -2.30. The van der Waals surface area contributed by atoms with Crippen molar-refractivity contribution in [3.8, 4) is 11.1 Å². The summed E-state index contributed by atoms with van der Waals surface area (Å²) >= 11 is 0. The summed E-state index contributed by atoms with van der Waals surface area (Å²) < 4.78 is 5.64. The van der Waals surface area contributed by atoms with Gasteiger partial charge in [0.2, 0.25) is 5.91 Å². The third-order valence-electron chi connectivity index (χ3n) is 7.21. The second kappa shape index (κ2) is 11.9. The lowest BCUT2D eigenvalue weighted by molar-refractivity contribution is -0.137. The average molecular weight is 479 g/mol. The number of rotatable bonds is 10. The molecule has 0 radical (unpaired) electrons. The molecule has 2 atom stereocenters. The number of nitrogens with one attached hydrogen (secondary N) is 2. The van der Waals surface area contributed by atoms with Crippen molar-refractivity contribution >= 4 is 18.0 Å². The molecule has 2 unspecified atom stereocenters. The molecular weight excluding hydrogens is 444 g/mol. The van der Waals surface area contributed by atoms with Crippen molar-refractivity contribution in [2.75, 3.05) is 19.7 Å². The normalized spacial score (nSPS) is 18.9. The fourth-order valence-corrected chi connectivity index (χ4v) is 5.40. The Morgan fingerprint density at radius 2 is 1.54 bits per heavy atom. The van der Waals surface area contributed by atoms with Crippen LogP contribution in [0.2, 0.25) is 0 Å². The molecule has 0 spiro atoms. The Labute approximate surface area is 206 Å². The average Bonchev–Trinajstić information content (AvgIpc) is 3.19. The minimum Gasteiger partial charge on any atom is -0.481 e. The monoisotopic (exact) mass is 478 g/mol. The van der Waals surface area contributed by atoms with Crippen molar-refractivity contribution in [2.45, 2.75) is 50.9 Å². The number of aliphatic carboxylic acids is 1. The first-order valence-corrected chi connectivity index (χ1v) is 12.6. The van der Waals surface area contributed by atoms with Crippen molar-refractivity contribution < 1.29 is 24.2 Å². The summed E-state index contributed by atoms with van der Waals surface area (Å²) in [5.74, 6) is -0.870. The van der Waals surface area contributed by atoms with Crippen molar-refractivity contribution in [1.82, 2.24) is 10.6 Å². The van der Waals surface area contributed by atoms with E-state index < -0.39 is 12.1 Å². The SMILES string of the molecule is O=C(O)CCCCNC(=O)C1CCCCC1CNC(=O)OCC1c2ccccc2-c2ccccc21. The van der Waals surface area contributed by atoms with Crippen molar-refractivity contribution in [1.29, 1.82) is 0 Å². The summed E-state index contributed by atoms with van der Waals surface area (Å²) in [6, 6.07) is 16.5. The molecular formula is C28H34N2O5. The molecule has 186 valence electrons. The number of unbranched alkanes of at least 4 members (excludes halogenated alkanes) is 1. The Hall–Kier alpha value is -3.35. The van der Waals surface area contributed by atoms with E-state index in [1.165, 1.54) is 22.3 Å². The minimum absolute atomic E-state index is 0.000591. The van der Waals surface area contributed by atoms with Crippen LogP contribution in [0.15, 0.2) is 48.5 Å². The van der Waals surface area contributed by atoms with Gasteiger partial charge in [0.15, 0.2) is 0 Å². The molecule has 35 heavy (non-hydrogen) atoms. The minimum atomic E-state index is -0.817. The van der Waals surface area contributed by atoms with Gasteiger partial charge in [0.1, 0.15) is 6.61 Å². The van der Waals surface area contributed by atoms with Crippen LogP contribution in [0.4, 0.5) is 4.79 Å². The van der Waals surface area contributed by atoms with Gasteiger partial charge in [-0.15, -0.1) is 0 Å². The molecule has 0 aliphatic heterocycles. The predicted octanol–water partition coefficient (Wildman–Crippen LogP) is 4.70. The maximum Gasteiger partial charge on any atom is 0.407 e. The Morgan fingerprint density at radius 1 is 0.886 bits per heavy atom. The fraction of sp³-hybridized carbons (Fsp3) is 0.464. The molecule has 3 N–H and O–H groups in total. The zero-order valence-corrected chi connectivity index (χ0v) is 20.0. The molecule has 2 aliphatic carbocycles. The van der Waals surface area contributed by atoms with E-state index >= 15 is 0 Å². The maximum atomic E-state index is 12.7. The van der Waals surface area contributed by atoms with Gasteiger partial charge < -0.3 is 20.5 Å². The van der Waals surface area contributed by atoms with Gasteiger partial charge in [0.25, 0.3) is 0 Å². The Kier molecular flexibility index (Phi) is 8.40. The van der Waals surface area contributed by atoms with Crippen LogP contribution in [0, 0.1) is 11.8 Å². The van der Waals surface area contributed by atoms with E-state index in [9.17, 15) is 14.4 Å². The van der Waals surface area contributed by atoms with Crippen LogP contribution < -0.4 is 10.6 Å². The summed E-state index contributed by atoms with van der Waals surface area (Å²) in [6.07, 6.45) is 4.59. The zero-order chi connectivity index (χ0) is 24.6. The molecule has 0 saturated heterocycles. The van der Waals surface area contributed by atoms with Crippen LogP contribution in [-0.4, -0.2) is 42.8 Å². The van der Waals surface area contributed by atoms with Crippen LogP contribution in [0.5, 0.6) is 0 Å². The molecule has 0 heterocycles. The number of fused-ring (bicyclic) bond motifs is 3. The van der Waals surface area contributed by atoms with E-state index in [0.717, 1.165) is 25.7 Å². The maximum absolute atomic E-state index is 12.7. The predicted molar refractivity (Wildman–Crippen MR) is 133 cm³/mol. The van der Waals surface area contributed by atoms with Gasteiger partial charge in [0.05, 0.1) is 0 Å². The van der Waals surface area contributed by atoms with E-state index in [2.05, 4.69) is 34.9 Å². The van der Waals surface area contributed by atoms with Crippen LogP contribution in [-0.2, 0) is 14.3 Å². The Bertz CT molecular complexity index is 1010. The number of carboxylic acids is 1. The number of benzene rings is 2. The fourth-order valence-electron chi connectivity index (χ4n) is 5.40. The number of alkyl carbamates (subject to hydrolysis) is 1. The van der Waals surface area contributed by atoms with Gasteiger partial charge in [-0.05, 0) is 53.9 Å². The lowest BCUT2D eigenvalue weighted by Crippen LogP contribution is -2.42. The van der Waals surface area contributed by atoms with Crippen molar-refractivity contribution in [3.63, 3.8) is 0 Å². The molecule has 2 aliphatic rings. The molecule has 0 bridgehead atoms. The number of carboxylic acid groups (broad SMARTS) is 1. The van der Waals surface area contributed by atoms with Crippen molar-refractivity contribution in [3.05, 3.63) is 59.7 Å². The number of carbonyl (C=O) groups is 3. The smallest absolute Gasteiger partial charge is 0.407 e. The quantitative estimate of drug-likeness (QED) is 0.429. The zero-order valence-electron chi connectivity index (χ0n) is 20.0. The summed E-state index contributed by atoms with van der Waals surface area (Å²) in [6.45, 7) is 1.16. The second-order valence-corrected chi connectivity index (χ2v) is 9.50. The first-order chi connectivity index (χ1) is 17.0. The van der Waals surface area contributed by atoms with Crippen molar-refractivity contribution in [2.24, 2.45) is 11.8 Å². The van der Waals surface area contributed by atoms with Gasteiger partial charge in [0, 0.05) is 31.3 Å². The molecule has 2 aromatic carbocycles. The molecule has 1 saturated carbocycles. The third-order valence-corrected chi connectivity index (χ3v) is 7.21. The molecule has 7 nitrogen and oxygen atoms in total. The first-order valence-electron chi connectivity index (χ1n) is 12.6. The Balaban J connectivity index is 1.25. The first kappa shape index (κ1) is 24.8. The summed E-state index contributed by atoms with van der Waals surface area (Å²) in [7, 11) is 0. The van der Waals surface area contributed by atoms with Gasteiger partial charge in [-0.2, -0.15) is 0 Å². The van der Waals surface area contributed by atoms with E-state index in [0.29, 0.717) is 25.9 Å². The van der Waals surface area contributed by atoms with Crippen LogP contribution >= 0.6 is 0 Å². The number of hydrogen-bond acceptors (Lipinski definition) is 4. The highest BCUT2D eigenvalue weighted by atomic mass is 16.5. The highest BCUT2D eigenvalue weighted by Gasteiger charge is 2.32. The van der Waals surface area contributed by atoms with Gasteiger partial charge in [-0.1, -0.05) is 61.4 Å². The second-order valence-electron chi connectivity index (χ2n) is 9.50. The molecule has 2 amide bonds. The molecule has 4 rings (SSSR count). The number of ether oxygens (including phenoxy) is 1. The highest BCUT2D eigenvalue weighted by molar-refractivity contribution is 5.80. The van der Waals surface area contributed by atoms with Crippen LogP contribution in [0.25, 0.3) is 11.1 Å². The molecule has 2 aromatic rings. The van der Waals surface area contributed by atoms with Crippen LogP contribution in [0.3, 0.4) is 0 Å². The van der Waals surface area contributed by atoms with E-state index in [1.807, 2.05) is 24.3 Å². The highest BCUT2D eigenvalue weighted by Crippen LogP contribution is 2.44.